The minimum absolute atomic E-state index is 0.0109. The summed E-state index contributed by atoms with van der Waals surface area (Å²) in [7, 11) is 1.69. The van der Waals surface area contributed by atoms with Crippen molar-refractivity contribution in [2.45, 2.75) is 19.4 Å². The summed E-state index contributed by atoms with van der Waals surface area (Å²) >= 11 is 0. The van der Waals surface area contributed by atoms with Gasteiger partial charge in [0.15, 0.2) is 11.5 Å². The molecular formula is C13H19N3O3. The van der Waals surface area contributed by atoms with Crippen molar-refractivity contribution in [3.63, 3.8) is 0 Å². The van der Waals surface area contributed by atoms with Gasteiger partial charge >= 0.3 is 5.97 Å². The molecule has 0 bridgehead atoms. The van der Waals surface area contributed by atoms with E-state index in [0.29, 0.717) is 24.0 Å². The van der Waals surface area contributed by atoms with Gasteiger partial charge in [-0.1, -0.05) is 6.92 Å². The number of rotatable bonds is 3. The van der Waals surface area contributed by atoms with Crippen LogP contribution in [0.1, 0.15) is 23.8 Å². The van der Waals surface area contributed by atoms with Crippen LogP contribution in [-0.2, 0) is 4.74 Å². The molecule has 2 rings (SSSR count). The molecule has 0 aromatic carbocycles. The average Bonchev–Trinajstić information content (AvgIpc) is 2.40. The molecule has 104 valence electrons. The topological polar surface area (TPSA) is 88.7 Å². The van der Waals surface area contributed by atoms with Crippen LogP contribution in [0, 0.1) is 5.92 Å². The number of aromatic nitrogens is 1. The molecule has 1 aliphatic rings. The lowest BCUT2D eigenvalue weighted by molar-refractivity contribution is 0.0496. The maximum Gasteiger partial charge on any atom is 0.354 e. The van der Waals surface area contributed by atoms with Crippen LogP contribution in [0.2, 0.25) is 0 Å². The molecule has 1 fully saturated rings. The van der Waals surface area contributed by atoms with Crippen LogP contribution in [0.3, 0.4) is 0 Å². The average molecular weight is 265 g/mol. The van der Waals surface area contributed by atoms with E-state index in [9.17, 15) is 4.79 Å². The van der Waals surface area contributed by atoms with Gasteiger partial charge in [-0.15, -0.1) is 0 Å². The summed E-state index contributed by atoms with van der Waals surface area (Å²) in [6.45, 7) is 3.63. The molecule has 2 atom stereocenters. The lowest BCUT2D eigenvalue weighted by Crippen LogP contribution is -2.44. The van der Waals surface area contributed by atoms with Gasteiger partial charge < -0.3 is 20.5 Å². The molecule has 19 heavy (non-hydrogen) atoms. The number of ether oxygens (including phenoxy) is 1. The molecule has 0 amide bonds. The van der Waals surface area contributed by atoms with Crippen molar-refractivity contribution in [2.24, 2.45) is 5.92 Å². The fourth-order valence-electron chi connectivity index (χ4n) is 2.36. The molecule has 6 nitrogen and oxygen atoms in total. The Morgan fingerprint density at radius 2 is 2.32 bits per heavy atom. The van der Waals surface area contributed by atoms with Crippen molar-refractivity contribution in [1.29, 1.82) is 0 Å². The highest BCUT2D eigenvalue weighted by molar-refractivity contribution is 5.87. The normalized spacial score (nSPS) is 23.4. The first-order valence-corrected chi connectivity index (χ1v) is 6.30. The molecule has 1 aromatic heterocycles. The molecule has 0 saturated carbocycles. The summed E-state index contributed by atoms with van der Waals surface area (Å²) in [5.74, 6) is -0.0334. The highest BCUT2D eigenvalue weighted by Gasteiger charge is 2.28. The third kappa shape index (κ3) is 2.78. The van der Waals surface area contributed by atoms with Gasteiger partial charge in [-0.2, -0.15) is 0 Å². The predicted molar refractivity (Wildman–Crippen MR) is 72.4 cm³/mol. The smallest absolute Gasteiger partial charge is 0.354 e. The second kappa shape index (κ2) is 5.44. The zero-order valence-electron chi connectivity index (χ0n) is 11.2. The molecule has 2 unspecified atom stereocenters. The number of aromatic carboxylic acids is 1. The van der Waals surface area contributed by atoms with Crippen LogP contribution >= 0.6 is 0 Å². The number of carbonyl (C=O) groups is 1. The van der Waals surface area contributed by atoms with Crippen molar-refractivity contribution in [1.82, 2.24) is 4.98 Å². The molecule has 0 spiro atoms. The van der Waals surface area contributed by atoms with Crippen LogP contribution in [0.15, 0.2) is 12.1 Å². The molecule has 0 aliphatic carbocycles. The third-order valence-electron chi connectivity index (χ3n) is 3.62. The number of methoxy groups -OCH3 is 1. The first kappa shape index (κ1) is 13.6. The van der Waals surface area contributed by atoms with Crippen molar-refractivity contribution in [2.75, 3.05) is 30.8 Å². The van der Waals surface area contributed by atoms with E-state index in [2.05, 4.69) is 11.9 Å². The Bertz CT molecular complexity index is 478. The number of piperidine rings is 1. The Kier molecular flexibility index (Phi) is 3.90. The largest absolute Gasteiger partial charge is 0.477 e. The van der Waals surface area contributed by atoms with E-state index in [1.807, 2.05) is 4.90 Å². The highest BCUT2D eigenvalue weighted by atomic mass is 16.5. The van der Waals surface area contributed by atoms with Gasteiger partial charge in [-0.05, 0) is 24.5 Å². The van der Waals surface area contributed by atoms with E-state index in [1.165, 1.54) is 6.07 Å². The monoisotopic (exact) mass is 265 g/mol. The minimum Gasteiger partial charge on any atom is -0.477 e. The predicted octanol–water partition coefficient (Wildman–Crippen LogP) is 1.22. The van der Waals surface area contributed by atoms with Crippen molar-refractivity contribution in [3.8, 4) is 0 Å². The highest BCUT2D eigenvalue weighted by Crippen LogP contribution is 2.27. The van der Waals surface area contributed by atoms with Crippen molar-refractivity contribution < 1.29 is 14.6 Å². The molecule has 6 heteroatoms. The number of nitrogens with zero attached hydrogens (tertiary/aromatic N) is 2. The number of hydrogen-bond acceptors (Lipinski definition) is 5. The molecule has 1 aromatic rings. The molecule has 0 radical (unpaired) electrons. The van der Waals surface area contributed by atoms with Crippen LogP contribution in [-0.4, -0.2) is 42.4 Å². The number of hydrogen-bond donors (Lipinski definition) is 2. The Balaban J connectivity index is 2.26. The summed E-state index contributed by atoms with van der Waals surface area (Å²) in [5.41, 5.74) is 6.41. The maximum atomic E-state index is 11.0. The minimum atomic E-state index is -1.05. The first-order valence-electron chi connectivity index (χ1n) is 6.30. The summed E-state index contributed by atoms with van der Waals surface area (Å²) in [6, 6.07) is 3.01. The second-order valence-corrected chi connectivity index (χ2v) is 4.90. The fraction of sp³-hybridized carbons (Fsp3) is 0.538. The van der Waals surface area contributed by atoms with Crippen LogP contribution in [0.4, 0.5) is 11.5 Å². The Morgan fingerprint density at radius 3 is 2.95 bits per heavy atom. The van der Waals surface area contributed by atoms with E-state index in [1.54, 1.807) is 13.2 Å². The number of anilines is 2. The fourth-order valence-corrected chi connectivity index (χ4v) is 2.36. The van der Waals surface area contributed by atoms with E-state index < -0.39 is 5.97 Å². The maximum absolute atomic E-state index is 11.0. The number of nitrogens with two attached hydrogens (primary N) is 1. The Labute approximate surface area is 112 Å². The summed E-state index contributed by atoms with van der Waals surface area (Å²) in [4.78, 5) is 17.1. The van der Waals surface area contributed by atoms with Crippen molar-refractivity contribution in [3.05, 3.63) is 17.8 Å². The SMILES string of the molecule is COC1CN(c2nc(C(=O)O)ccc2N)CCC1C. The van der Waals surface area contributed by atoms with Gasteiger partial charge in [0.05, 0.1) is 11.8 Å². The van der Waals surface area contributed by atoms with Crippen LogP contribution in [0.25, 0.3) is 0 Å². The number of nitrogen functional groups attached to an aromatic ring is 1. The van der Waals surface area contributed by atoms with Gasteiger partial charge in [0.25, 0.3) is 0 Å². The Morgan fingerprint density at radius 1 is 1.58 bits per heavy atom. The van der Waals surface area contributed by atoms with Crippen molar-refractivity contribution >= 4 is 17.5 Å². The number of carboxylic acids is 1. The number of pyridine rings is 1. The van der Waals surface area contributed by atoms with Gasteiger partial charge in [0, 0.05) is 20.2 Å². The summed E-state index contributed by atoms with van der Waals surface area (Å²) in [6.07, 6.45) is 1.08. The zero-order valence-corrected chi connectivity index (χ0v) is 11.2. The zero-order chi connectivity index (χ0) is 14.0. The quantitative estimate of drug-likeness (QED) is 0.854. The lowest BCUT2D eigenvalue weighted by atomic mass is 9.96. The van der Waals surface area contributed by atoms with E-state index in [4.69, 9.17) is 15.6 Å². The first-order chi connectivity index (χ1) is 9.02. The van der Waals surface area contributed by atoms with Gasteiger partial charge in [-0.3, -0.25) is 0 Å². The van der Waals surface area contributed by atoms with Gasteiger partial charge in [0.2, 0.25) is 0 Å². The van der Waals surface area contributed by atoms with Gasteiger partial charge in [-0.25, -0.2) is 9.78 Å². The summed E-state index contributed by atoms with van der Waals surface area (Å²) in [5, 5.41) is 8.99. The van der Waals surface area contributed by atoms with E-state index in [-0.39, 0.29) is 11.8 Å². The molecule has 1 saturated heterocycles. The molecule has 2 heterocycles. The van der Waals surface area contributed by atoms with Gasteiger partial charge in [0.1, 0.15) is 0 Å². The van der Waals surface area contributed by atoms with Crippen LogP contribution < -0.4 is 10.6 Å². The van der Waals surface area contributed by atoms with E-state index in [0.717, 1.165) is 13.0 Å². The van der Waals surface area contributed by atoms with Crippen LogP contribution in [0.5, 0.6) is 0 Å². The standard InChI is InChI=1S/C13H19N3O3/c1-8-5-6-16(7-11(8)19-2)12-9(14)3-4-10(15-12)13(17)18/h3-4,8,11H,5-7,14H2,1-2H3,(H,17,18). The summed E-state index contributed by atoms with van der Waals surface area (Å²) < 4.78 is 5.45. The molecule has 3 N–H and O–H groups in total. The number of carboxylic acid groups (broad SMARTS) is 1. The Hall–Kier alpha value is -1.82. The lowest BCUT2D eigenvalue weighted by Gasteiger charge is -2.37. The molecule has 1 aliphatic heterocycles. The second-order valence-electron chi connectivity index (χ2n) is 4.90. The third-order valence-corrected chi connectivity index (χ3v) is 3.62. The van der Waals surface area contributed by atoms with E-state index >= 15 is 0 Å². The molecular weight excluding hydrogens is 246 g/mol.